The number of aromatic nitrogens is 2. The summed E-state index contributed by atoms with van der Waals surface area (Å²) in [7, 11) is -0.788. The van der Waals surface area contributed by atoms with E-state index in [2.05, 4.69) is 15.5 Å². The summed E-state index contributed by atoms with van der Waals surface area (Å²) in [6.07, 6.45) is 0. The van der Waals surface area contributed by atoms with Crippen LogP contribution in [-0.2, 0) is 10.0 Å². The van der Waals surface area contributed by atoms with E-state index in [0.29, 0.717) is 27.1 Å². The third-order valence-electron chi connectivity index (χ3n) is 5.15. The number of methoxy groups -OCH3 is 1. The van der Waals surface area contributed by atoms with Crippen molar-refractivity contribution in [2.24, 2.45) is 0 Å². The number of carbonyl (C=O) groups excluding carboxylic acids is 1. The number of rotatable bonds is 7. The highest BCUT2D eigenvalue weighted by molar-refractivity contribution is 7.92. The lowest BCUT2D eigenvalue weighted by Gasteiger charge is -2.20. The van der Waals surface area contributed by atoms with Gasteiger partial charge in [-0.2, -0.15) is 0 Å². The molecule has 0 radical (unpaired) electrons. The minimum atomic E-state index is -3.76. The standard InChI is InChI=1S/C24H22N4O4S2/c1-16-4-6-18(7-5-16)23-26-27-24(33-23)25-22(29)17-8-10-19(11-9-17)28(2)34(30,31)21-14-12-20(32-3)13-15-21/h4-15H,1-3H3,(H,25,27,29). The molecule has 1 amide bonds. The van der Waals surface area contributed by atoms with Gasteiger partial charge in [0, 0.05) is 18.2 Å². The predicted molar refractivity (Wildman–Crippen MR) is 133 cm³/mol. The van der Waals surface area contributed by atoms with E-state index in [9.17, 15) is 13.2 Å². The number of aryl methyl sites for hydroxylation is 1. The van der Waals surface area contributed by atoms with Gasteiger partial charge in [0.25, 0.3) is 15.9 Å². The lowest BCUT2D eigenvalue weighted by atomic mass is 10.2. The van der Waals surface area contributed by atoms with Crippen molar-refractivity contribution in [1.82, 2.24) is 10.2 Å². The SMILES string of the molecule is COc1ccc(S(=O)(=O)N(C)c2ccc(C(=O)Nc3nnc(-c4ccc(C)cc4)s3)cc2)cc1. The topological polar surface area (TPSA) is 101 Å². The number of sulfonamides is 1. The second kappa shape index (κ2) is 9.62. The molecule has 1 N–H and O–H groups in total. The van der Waals surface area contributed by atoms with E-state index in [1.807, 2.05) is 31.2 Å². The minimum absolute atomic E-state index is 0.137. The van der Waals surface area contributed by atoms with Crippen LogP contribution < -0.4 is 14.4 Å². The molecule has 4 aromatic rings. The number of amides is 1. The Morgan fingerprint density at radius 3 is 2.21 bits per heavy atom. The summed E-state index contributed by atoms with van der Waals surface area (Å²) >= 11 is 1.28. The van der Waals surface area contributed by atoms with Crippen LogP contribution >= 0.6 is 11.3 Å². The van der Waals surface area contributed by atoms with E-state index in [1.54, 1.807) is 36.4 Å². The Morgan fingerprint density at radius 2 is 1.59 bits per heavy atom. The maximum atomic E-state index is 12.9. The monoisotopic (exact) mass is 494 g/mol. The van der Waals surface area contributed by atoms with Crippen LogP contribution in [0.2, 0.25) is 0 Å². The molecule has 0 saturated carbocycles. The van der Waals surface area contributed by atoms with Crippen LogP contribution in [0.25, 0.3) is 10.6 Å². The van der Waals surface area contributed by atoms with E-state index in [4.69, 9.17) is 4.74 Å². The highest BCUT2D eigenvalue weighted by atomic mass is 32.2. The molecule has 0 atom stereocenters. The number of benzene rings is 3. The van der Waals surface area contributed by atoms with Crippen molar-refractivity contribution in [2.75, 3.05) is 23.8 Å². The average molecular weight is 495 g/mol. The maximum absolute atomic E-state index is 12.9. The molecule has 3 aromatic carbocycles. The number of anilines is 2. The van der Waals surface area contributed by atoms with E-state index >= 15 is 0 Å². The van der Waals surface area contributed by atoms with Crippen molar-refractivity contribution in [3.8, 4) is 16.3 Å². The molecule has 4 rings (SSSR count). The van der Waals surface area contributed by atoms with E-state index < -0.39 is 10.0 Å². The van der Waals surface area contributed by atoms with Crippen molar-refractivity contribution >= 4 is 38.1 Å². The smallest absolute Gasteiger partial charge is 0.264 e. The van der Waals surface area contributed by atoms with E-state index in [-0.39, 0.29) is 10.8 Å². The first kappa shape index (κ1) is 23.4. The van der Waals surface area contributed by atoms with Gasteiger partial charge < -0.3 is 4.74 Å². The third-order valence-corrected chi connectivity index (χ3v) is 7.84. The number of ether oxygens (including phenoxy) is 1. The first-order chi connectivity index (χ1) is 16.3. The highest BCUT2D eigenvalue weighted by Gasteiger charge is 2.22. The van der Waals surface area contributed by atoms with Gasteiger partial charge in [-0.1, -0.05) is 41.2 Å². The molecule has 174 valence electrons. The lowest BCUT2D eigenvalue weighted by Crippen LogP contribution is -2.26. The van der Waals surface area contributed by atoms with Gasteiger partial charge in [0.2, 0.25) is 5.13 Å². The quantitative estimate of drug-likeness (QED) is 0.403. The molecule has 0 aliphatic carbocycles. The molecule has 0 fully saturated rings. The van der Waals surface area contributed by atoms with Crippen molar-refractivity contribution in [3.05, 3.63) is 83.9 Å². The molecule has 0 spiro atoms. The van der Waals surface area contributed by atoms with Crippen LogP contribution in [0.3, 0.4) is 0 Å². The van der Waals surface area contributed by atoms with Gasteiger partial charge in [-0.3, -0.25) is 14.4 Å². The highest BCUT2D eigenvalue weighted by Crippen LogP contribution is 2.27. The molecule has 0 aliphatic rings. The van der Waals surface area contributed by atoms with Gasteiger partial charge in [-0.25, -0.2) is 8.42 Å². The molecule has 0 bridgehead atoms. The fourth-order valence-electron chi connectivity index (χ4n) is 3.12. The van der Waals surface area contributed by atoms with Gasteiger partial charge in [-0.05, 0) is 55.5 Å². The number of carbonyl (C=O) groups is 1. The number of hydrogen-bond acceptors (Lipinski definition) is 7. The van der Waals surface area contributed by atoms with Crippen LogP contribution in [0.5, 0.6) is 5.75 Å². The molecule has 1 heterocycles. The summed E-state index contributed by atoms with van der Waals surface area (Å²) < 4.78 is 32.1. The molecule has 10 heteroatoms. The van der Waals surface area contributed by atoms with Crippen molar-refractivity contribution in [3.63, 3.8) is 0 Å². The van der Waals surface area contributed by atoms with Crippen LogP contribution in [0, 0.1) is 6.92 Å². The Labute approximate surface area is 201 Å². The largest absolute Gasteiger partial charge is 0.497 e. The normalized spacial score (nSPS) is 11.1. The molecular weight excluding hydrogens is 472 g/mol. The molecule has 0 saturated heterocycles. The Hall–Kier alpha value is -3.76. The number of nitrogens with one attached hydrogen (secondary N) is 1. The summed E-state index contributed by atoms with van der Waals surface area (Å²) in [5, 5.41) is 12.0. The van der Waals surface area contributed by atoms with Crippen molar-refractivity contribution in [1.29, 1.82) is 0 Å². The van der Waals surface area contributed by atoms with Gasteiger partial charge >= 0.3 is 0 Å². The second-order valence-corrected chi connectivity index (χ2v) is 10.4. The first-order valence-electron chi connectivity index (χ1n) is 10.2. The Morgan fingerprint density at radius 1 is 0.941 bits per heavy atom. The molecule has 0 aliphatic heterocycles. The average Bonchev–Trinajstić information content (AvgIpc) is 3.32. The second-order valence-electron chi connectivity index (χ2n) is 7.43. The number of nitrogens with zero attached hydrogens (tertiary/aromatic N) is 3. The lowest BCUT2D eigenvalue weighted by molar-refractivity contribution is 0.102. The fourth-order valence-corrected chi connectivity index (χ4v) is 5.06. The zero-order valence-corrected chi connectivity index (χ0v) is 20.4. The Balaban J connectivity index is 1.45. The third kappa shape index (κ3) is 4.92. The summed E-state index contributed by atoms with van der Waals surface area (Å²) in [6, 6.07) is 20.3. The van der Waals surface area contributed by atoms with Gasteiger partial charge in [0.05, 0.1) is 17.7 Å². The van der Waals surface area contributed by atoms with Gasteiger partial charge in [-0.15, -0.1) is 10.2 Å². The summed E-state index contributed by atoms with van der Waals surface area (Å²) in [5.74, 6) is 0.206. The molecule has 0 unspecified atom stereocenters. The molecule has 1 aromatic heterocycles. The summed E-state index contributed by atoms with van der Waals surface area (Å²) in [6.45, 7) is 2.01. The zero-order chi connectivity index (χ0) is 24.3. The number of hydrogen-bond donors (Lipinski definition) is 1. The van der Waals surface area contributed by atoms with Crippen LogP contribution in [0.4, 0.5) is 10.8 Å². The Bertz CT molecular complexity index is 1400. The molecule has 8 nitrogen and oxygen atoms in total. The van der Waals surface area contributed by atoms with Crippen LogP contribution in [0.15, 0.2) is 77.7 Å². The predicted octanol–water partition coefficient (Wildman–Crippen LogP) is 4.60. The maximum Gasteiger partial charge on any atom is 0.264 e. The molecule has 34 heavy (non-hydrogen) atoms. The van der Waals surface area contributed by atoms with Crippen molar-refractivity contribution in [2.45, 2.75) is 11.8 Å². The Kier molecular flexibility index (Phi) is 6.62. The van der Waals surface area contributed by atoms with Gasteiger partial charge in [0.1, 0.15) is 10.8 Å². The van der Waals surface area contributed by atoms with E-state index in [0.717, 1.165) is 15.4 Å². The van der Waals surface area contributed by atoms with Crippen molar-refractivity contribution < 1.29 is 17.9 Å². The fraction of sp³-hybridized carbons (Fsp3) is 0.125. The first-order valence-corrected chi connectivity index (χ1v) is 12.5. The summed E-state index contributed by atoms with van der Waals surface area (Å²) in [5.41, 5.74) is 2.86. The zero-order valence-electron chi connectivity index (χ0n) is 18.7. The molecular formula is C24H22N4O4S2. The minimum Gasteiger partial charge on any atom is -0.497 e. The van der Waals surface area contributed by atoms with Gasteiger partial charge in [0.15, 0.2) is 0 Å². The van der Waals surface area contributed by atoms with Crippen LogP contribution in [0.1, 0.15) is 15.9 Å². The van der Waals surface area contributed by atoms with Crippen LogP contribution in [-0.4, -0.2) is 38.7 Å². The summed E-state index contributed by atoms with van der Waals surface area (Å²) in [4.78, 5) is 12.8. The van der Waals surface area contributed by atoms with E-state index in [1.165, 1.54) is 37.6 Å².